The number of sulfonamides is 1. The fourth-order valence-electron chi connectivity index (χ4n) is 3.20. The molecular weight excluding hydrogens is 414 g/mol. The summed E-state index contributed by atoms with van der Waals surface area (Å²) < 4.78 is 38.9. The van der Waals surface area contributed by atoms with Gasteiger partial charge in [0.2, 0.25) is 10.0 Å². The van der Waals surface area contributed by atoms with Gasteiger partial charge in [-0.25, -0.2) is 17.7 Å². The van der Waals surface area contributed by atoms with Crippen molar-refractivity contribution in [3.8, 4) is 22.9 Å². The van der Waals surface area contributed by atoms with E-state index in [1.165, 1.54) is 18.4 Å². The van der Waals surface area contributed by atoms with Crippen LogP contribution in [0.15, 0.2) is 30.6 Å². The van der Waals surface area contributed by atoms with Crippen LogP contribution < -0.4 is 4.74 Å². The second-order valence-corrected chi connectivity index (χ2v) is 9.03. The first kappa shape index (κ1) is 23.6. The van der Waals surface area contributed by atoms with E-state index in [1.54, 1.807) is 24.4 Å². The molecule has 0 unspecified atom stereocenters. The lowest BCUT2D eigenvalue weighted by atomic mass is 10.1. The van der Waals surface area contributed by atoms with Crippen LogP contribution in [0, 0.1) is 5.92 Å². The number of aromatic hydroxyl groups is 1. The lowest BCUT2D eigenvalue weighted by Crippen LogP contribution is -2.32. The van der Waals surface area contributed by atoms with Gasteiger partial charge in [0.25, 0.3) is 6.47 Å². The molecule has 1 fully saturated rings. The van der Waals surface area contributed by atoms with Gasteiger partial charge in [0.15, 0.2) is 11.5 Å². The normalized spacial score (nSPS) is 18.7. The highest BCUT2D eigenvalue weighted by molar-refractivity contribution is 7.89. The first-order chi connectivity index (χ1) is 14.2. The summed E-state index contributed by atoms with van der Waals surface area (Å²) in [5, 5.41) is 16.8. The van der Waals surface area contributed by atoms with Gasteiger partial charge in [0.05, 0.1) is 31.6 Å². The Balaban J connectivity index is 0.00000101. The van der Waals surface area contributed by atoms with E-state index in [0.717, 1.165) is 5.56 Å². The summed E-state index contributed by atoms with van der Waals surface area (Å²) in [6.07, 6.45) is 3.51. The van der Waals surface area contributed by atoms with Crippen molar-refractivity contribution < 1.29 is 32.9 Å². The molecule has 2 heterocycles. The van der Waals surface area contributed by atoms with Gasteiger partial charge < -0.3 is 24.3 Å². The molecule has 0 amide bonds. The Labute approximate surface area is 175 Å². The van der Waals surface area contributed by atoms with Crippen molar-refractivity contribution in [2.45, 2.75) is 13.0 Å². The van der Waals surface area contributed by atoms with Gasteiger partial charge in [-0.1, -0.05) is 0 Å². The predicted molar refractivity (Wildman–Crippen MR) is 110 cm³/mol. The Hall–Kier alpha value is -2.63. The van der Waals surface area contributed by atoms with Gasteiger partial charge in [-0.05, 0) is 25.1 Å². The first-order valence-electron chi connectivity index (χ1n) is 9.30. The average Bonchev–Trinajstić information content (AvgIpc) is 3.33. The monoisotopic (exact) mass is 441 g/mol. The molecule has 1 saturated heterocycles. The molecule has 1 aromatic carbocycles. The third kappa shape index (κ3) is 5.49. The van der Waals surface area contributed by atoms with E-state index in [4.69, 9.17) is 19.4 Å². The zero-order chi connectivity index (χ0) is 22.3. The van der Waals surface area contributed by atoms with Crippen LogP contribution in [0.2, 0.25) is 0 Å². The zero-order valence-electron chi connectivity index (χ0n) is 17.1. The highest BCUT2D eigenvalue weighted by atomic mass is 32.2. The standard InChI is InChI=1S/C18H25N3O5S.CH2O2/c1-4-26-17-9-13(5-6-16(17)22)18-19-7-8-21(18)15-11-25-10-14(15)12-27(23,24)20(2)3;2-1-3/h5-9,14-15,22H,4,10-12H2,1-3H3;1H,(H,2,3)/t14-,15+;/m0./s1. The largest absolute Gasteiger partial charge is 0.504 e. The van der Waals surface area contributed by atoms with Crippen LogP contribution in [0.1, 0.15) is 13.0 Å². The number of phenols is 1. The smallest absolute Gasteiger partial charge is 0.290 e. The molecule has 1 aliphatic heterocycles. The van der Waals surface area contributed by atoms with E-state index in [9.17, 15) is 13.5 Å². The quantitative estimate of drug-likeness (QED) is 0.617. The second kappa shape index (κ2) is 10.4. The minimum absolute atomic E-state index is 0.0159. The molecule has 166 valence electrons. The van der Waals surface area contributed by atoms with Crippen LogP contribution in [0.3, 0.4) is 0 Å². The molecule has 2 atom stereocenters. The first-order valence-corrected chi connectivity index (χ1v) is 10.9. The van der Waals surface area contributed by atoms with Crippen molar-refractivity contribution in [1.82, 2.24) is 13.9 Å². The molecule has 1 aromatic heterocycles. The number of rotatable bonds is 7. The number of hydrogen-bond donors (Lipinski definition) is 2. The van der Waals surface area contributed by atoms with Crippen molar-refractivity contribution in [1.29, 1.82) is 0 Å². The highest BCUT2D eigenvalue weighted by Gasteiger charge is 2.35. The Bertz CT molecular complexity index is 943. The fourth-order valence-corrected chi connectivity index (χ4v) is 4.36. The highest BCUT2D eigenvalue weighted by Crippen LogP contribution is 2.35. The van der Waals surface area contributed by atoms with Gasteiger partial charge in [0, 0.05) is 38.0 Å². The maximum absolute atomic E-state index is 12.3. The number of benzene rings is 1. The van der Waals surface area contributed by atoms with E-state index in [-0.39, 0.29) is 29.9 Å². The third-order valence-electron chi connectivity index (χ3n) is 4.69. The van der Waals surface area contributed by atoms with Crippen LogP contribution in [-0.2, 0) is 19.6 Å². The molecule has 0 bridgehead atoms. The SMILES string of the molecule is CCOc1cc(-c2nccn2[C@@H]2COC[C@H]2CS(=O)(=O)N(C)C)ccc1O.O=CO. The predicted octanol–water partition coefficient (Wildman–Crippen LogP) is 1.43. The molecule has 1 aliphatic rings. The number of hydrogen-bond acceptors (Lipinski definition) is 7. The lowest BCUT2D eigenvalue weighted by molar-refractivity contribution is -0.122. The molecule has 10 nitrogen and oxygen atoms in total. The van der Waals surface area contributed by atoms with Crippen molar-refractivity contribution in [2.75, 3.05) is 39.7 Å². The molecule has 11 heteroatoms. The Kier molecular flexibility index (Phi) is 8.21. The molecular formula is C19H27N3O7S. The summed E-state index contributed by atoms with van der Waals surface area (Å²) in [5.41, 5.74) is 0.780. The molecule has 0 radical (unpaired) electrons. The summed E-state index contributed by atoms with van der Waals surface area (Å²) in [6.45, 7) is 2.84. The summed E-state index contributed by atoms with van der Waals surface area (Å²) >= 11 is 0. The van der Waals surface area contributed by atoms with Crippen LogP contribution in [0.25, 0.3) is 11.4 Å². The van der Waals surface area contributed by atoms with Crippen molar-refractivity contribution in [3.05, 3.63) is 30.6 Å². The van der Waals surface area contributed by atoms with Crippen molar-refractivity contribution >= 4 is 16.5 Å². The van der Waals surface area contributed by atoms with E-state index in [2.05, 4.69) is 4.98 Å². The maximum atomic E-state index is 12.3. The van der Waals surface area contributed by atoms with Gasteiger partial charge in [-0.15, -0.1) is 0 Å². The number of ether oxygens (including phenoxy) is 2. The zero-order valence-corrected chi connectivity index (χ0v) is 17.9. The summed E-state index contributed by atoms with van der Waals surface area (Å²) in [6, 6.07) is 4.93. The van der Waals surface area contributed by atoms with Gasteiger partial charge in [0.1, 0.15) is 5.82 Å². The van der Waals surface area contributed by atoms with Crippen LogP contribution in [0.4, 0.5) is 0 Å². The van der Waals surface area contributed by atoms with Gasteiger partial charge >= 0.3 is 0 Å². The van der Waals surface area contributed by atoms with Crippen LogP contribution in [-0.4, -0.2) is 78.6 Å². The molecule has 0 spiro atoms. The lowest BCUT2D eigenvalue weighted by Gasteiger charge is -2.22. The Morgan fingerprint density at radius 2 is 2.07 bits per heavy atom. The minimum Gasteiger partial charge on any atom is -0.504 e. The van der Waals surface area contributed by atoms with E-state index >= 15 is 0 Å². The summed E-state index contributed by atoms with van der Waals surface area (Å²) in [4.78, 5) is 12.8. The number of nitrogens with zero attached hydrogens (tertiary/aromatic N) is 3. The maximum Gasteiger partial charge on any atom is 0.290 e. The van der Waals surface area contributed by atoms with Gasteiger partial charge in [-0.2, -0.15) is 0 Å². The Morgan fingerprint density at radius 1 is 1.37 bits per heavy atom. The minimum atomic E-state index is -3.34. The van der Waals surface area contributed by atoms with E-state index in [1.807, 2.05) is 17.7 Å². The summed E-state index contributed by atoms with van der Waals surface area (Å²) in [7, 11) is -0.264. The number of carbonyl (C=O) groups is 1. The number of imidazole rings is 1. The number of aromatic nitrogens is 2. The van der Waals surface area contributed by atoms with Crippen molar-refractivity contribution in [2.24, 2.45) is 5.92 Å². The molecule has 2 N–H and O–H groups in total. The number of phenolic OH excluding ortho intramolecular Hbond substituents is 1. The number of carboxylic acid groups (broad SMARTS) is 1. The van der Waals surface area contributed by atoms with Gasteiger partial charge in [-0.3, -0.25) is 4.79 Å². The molecule has 0 aliphatic carbocycles. The van der Waals surface area contributed by atoms with Crippen LogP contribution >= 0.6 is 0 Å². The van der Waals surface area contributed by atoms with Crippen LogP contribution in [0.5, 0.6) is 11.5 Å². The fraction of sp³-hybridized carbons (Fsp3) is 0.474. The molecule has 2 aromatic rings. The van der Waals surface area contributed by atoms with E-state index in [0.29, 0.717) is 31.4 Å². The van der Waals surface area contributed by atoms with E-state index < -0.39 is 10.0 Å². The Morgan fingerprint density at radius 3 is 2.70 bits per heavy atom. The molecule has 0 saturated carbocycles. The van der Waals surface area contributed by atoms with Crippen molar-refractivity contribution in [3.63, 3.8) is 0 Å². The topological polar surface area (TPSA) is 131 Å². The average molecular weight is 442 g/mol. The third-order valence-corrected chi connectivity index (χ3v) is 6.65. The summed E-state index contributed by atoms with van der Waals surface area (Å²) in [5.74, 6) is 0.978. The molecule has 30 heavy (non-hydrogen) atoms. The second-order valence-electron chi connectivity index (χ2n) is 6.80. The molecule has 3 rings (SSSR count).